The minimum atomic E-state index is -0.818. The molecule has 100 valence electrons. The molecule has 1 atom stereocenters. The lowest BCUT2D eigenvalue weighted by Crippen LogP contribution is -2.37. The van der Waals surface area contributed by atoms with Crippen LogP contribution in [0.5, 0.6) is 0 Å². The zero-order valence-corrected chi connectivity index (χ0v) is 11.7. The summed E-state index contributed by atoms with van der Waals surface area (Å²) < 4.78 is 0. The Hall–Kier alpha value is -1.88. The molecule has 0 saturated heterocycles. The summed E-state index contributed by atoms with van der Waals surface area (Å²) in [5.41, 5.74) is 1.93. The standard InChI is InChI=1S/C14H16N2O2S/c1-3-12(13(17)18)16(2)14-15-11(9-19-14)10-7-5-4-6-8-10/h4-9,12H,3H2,1-2H3,(H,17,18). The van der Waals surface area contributed by atoms with Crippen molar-refractivity contribution in [2.75, 3.05) is 11.9 Å². The number of benzene rings is 1. The summed E-state index contributed by atoms with van der Waals surface area (Å²) in [5, 5.41) is 11.8. The smallest absolute Gasteiger partial charge is 0.326 e. The molecule has 2 rings (SSSR count). The van der Waals surface area contributed by atoms with Crippen molar-refractivity contribution in [1.82, 2.24) is 4.98 Å². The Morgan fingerprint density at radius 3 is 2.68 bits per heavy atom. The first-order chi connectivity index (χ1) is 9.13. The highest BCUT2D eigenvalue weighted by Gasteiger charge is 2.22. The highest BCUT2D eigenvalue weighted by Crippen LogP contribution is 2.28. The van der Waals surface area contributed by atoms with Gasteiger partial charge in [0.15, 0.2) is 5.13 Å². The molecular weight excluding hydrogens is 260 g/mol. The van der Waals surface area contributed by atoms with Gasteiger partial charge in [-0.25, -0.2) is 9.78 Å². The van der Waals surface area contributed by atoms with Gasteiger partial charge in [-0.1, -0.05) is 37.3 Å². The number of rotatable bonds is 5. The Kier molecular flexibility index (Phi) is 4.16. The number of thiazole rings is 1. The zero-order valence-electron chi connectivity index (χ0n) is 10.9. The van der Waals surface area contributed by atoms with Crippen molar-refractivity contribution in [1.29, 1.82) is 0 Å². The molecular formula is C14H16N2O2S. The fourth-order valence-corrected chi connectivity index (χ4v) is 2.77. The van der Waals surface area contributed by atoms with Crippen molar-refractivity contribution in [3.63, 3.8) is 0 Å². The number of aliphatic carboxylic acids is 1. The first-order valence-corrected chi connectivity index (χ1v) is 6.98. The van der Waals surface area contributed by atoms with E-state index >= 15 is 0 Å². The number of anilines is 1. The molecule has 1 unspecified atom stereocenters. The van der Waals surface area contributed by atoms with Crippen LogP contribution < -0.4 is 4.90 Å². The molecule has 0 aliphatic carbocycles. The van der Waals surface area contributed by atoms with E-state index < -0.39 is 12.0 Å². The lowest BCUT2D eigenvalue weighted by atomic mass is 10.2. The van der Waals surface area contributed by atoms with Gasteiger partial charge in [-0.2, -0.15) is 0 Å². The molecule has 1 N–H and O–H groups in total. The van der Waals surface area contributed by atoms with Gasteiger partial charge in [-0.15, -0.1) is 11.3 Å². The molecule has 1 aromatic heterocycles. The summed E-state index contributed by atoms with van der Waals surface area (Å²) in [4.78, 5) is 17.4. The predicted octanol–water partition coefficient (Wildman–Crippen LogP) is 3.11. The molecule has 0 saturated carbocycles. The second-order valence-electron chi connectivity index (χ2n) is 4.25. The summed E-state index contributed by atoms with van der Waals surface area (Å²) in [6.45, 7) is 1.86. The number of hydrogen-bond donors (Lipinski definition) is 1. The molecule has 0 amide bonds. The Morgan fingerprint density at radius 2 is 2.11 bits per heavy atom. The molecule has 0 aliphatic rings. The van der Waals surface area contributed by atoms with Crippen LogP contribution in [0.3, 0.4) is 0 Å². The Balaban J connectivity index is 2.24. The maximum absolute atomic E-state index is 11.2. The van der Waals surface area contributed by atoms with Crippen molar-refractivity contribution in [2.24, 2.45) is 0 Å². The molecule has 5 heteroatoms. The maximum atomic E-state index is 11.2. The van der Waals surface area contributed by atoms with E-state index in [-0.39, 0.29) is 0 Å². The number of carboxylic acid groups (broad SMARTS) is 1. The van der Waals surface area contributed by atoms with Gasteiger partial charge >= 0.3 is 5.97 Å². The number of aromatic nitrogens is 1. The summed E-state index contributed by atoms with van der Waals surface area (Å²) in [5.74, 6) is -0.818. The third-order valence-corrected chi connectivity index (χ3v) is 3.93. The number of nitrogens with zero attached hydrogens (tertiary/aromatic N) is 2. The van der Waals surface area contributed by atoms with Crippen molar-refractivity contribution >= 4 is 22.4 Å². The fraction of sp³-hybridized carbons (Fsp3) is 0.286. The van der Waals surface area contributed by atoms with Crippen LogP contribution in [0, 0.1) is 0 Å². The Bertz CT molecular complexity index is 554. The average Bonchev–Trinajstić information content (AvgIpc) is 2.89. The van der Waals surface area contributed by atoms with E-state index in [1.807, 2.05) is 42.6 Å². The SMILES string of the molecule is CCC(C(=O)O)N(C)c1nc(-c2ccccc2)cs1. The third kappa shape index (κ3) is 2.93. The maximum Gasteiger partial charge on any atom is 0.326 e. The minimum absolute atomic E-state index is 0.533. The lowest BCUT2D eigenvalue weighted by Gasteiger charge is -2.22. The Morgan fingerprint density at radius 1 is 1.42 bits per heavy atom. The van der Waals surface area contributed by atoms with Crippen LogP contribution in [0.15, 0.2) is 35.7 Å². The van der Waals surface area contributed by atoms with E-state index in [4.69, 9.17) is 5.11 Å². The van der Waals surface area contributed by atoms with Crippen LogP contribution in [0.25, 0.3) is 11.3 Å². The number of carboxylic acids is 1. The van der Waals surface area contributed by atoms with E-state index in [1.54, 1.807) is 11.9 Å². The highest BCUT2D eigenvalue weighted by atomic mass is 32.1. The Labute approximate surface area is 116 Å². The second-order valence-corrected chi connectivity index (χ2v) is 5.09. The van der Waals surface area contributed by atoms with Crippen LogP contribution in [-0.4, -0.2) is 29.1 Å². The number of likely N-dealkylation sites (N-methyl/N-ethyl adjacent to an activating group) is 1. The lowest BCUT2D eigenvalue weighted by molar-refractivity contribution is -0.138. The minimum Gasteiger partial charge on any atom is -0.480 e. The van der Waals surface area contributed by atoms with Gasteiger partial charge < -0.3 is 10.0 Å². The fourth-order valence-electron chi connectivity index (χ4n) is 1.92. The van der Waals surface area contributed by atoms with E-state index in [1.165, 1.54) is 11.3 Å². The van der Waals surface area contributed by atoms with E-state index in [0.29, 0.717) is 6.42 Å². The first kappa shape index (κ1) is 13.5. The van der Waals surface area contributed by atoms with Crippen LogP contribution >= 0.6 is 11.3 Å². The number of carbonyl (C=O) groups is 1. The normalized spacial score (nSPS) is 12.1. The number of hydrogen-bond acceptors (Lipinski definition) is 4. The van der Waals surface area contributed by atoms with Crippen molar-refractivity contribution < 1.29 is 9.90 Å². The van der Waals surface area contributed by atoms with Gasteiger partial charge in [0.2, 0.25) is 0 Å². The van der Waals surface area contributed by atoms with Crippen LogP contribution in [0.2, 0.25) is 0 Å². The summed E-state index contributed by atoms with van der Waals surface area (Å²) in [6, 6.07) is 9.34. The zero-order chi connectivity index (χ0) is 13.8. The van der Waals surface area contributed by atoms with Crippen molar-refractivity contribution in [2.45, 2.75) is 19.4 Å². The molecule has 0 radical (unpaired) electrons. The van der Waals surface area contributed by atoms with Gasteiger partial charge in [0.05, 0.1) is 5.69 Å². The van der Waals surface area contributed by atoms with E-state index in [0.717, 1.165) is 16.4 Å². The quantitative estimate of drug-likeness (QED) is 0.911. The summed E-state index contributed by atoms with van der Waals surface area (Å²) in [6.07, 6.45) is 0.548. The van der Waals surface area contributed by atoms with E-state index in [2.05, 4.69) is 4.98 Å². The van der Waals surface area contributed by atoms with E-state index in [9.17, 15) is 4.79 Å². The predicted molar refractivity (Wildman–Crippen MR) is 77.7 cm³/mol. The van der Waals surface area contributed by atoms with Crippen LogP contribution in [0.4, 0.5) is 5.13 Å². The first-order valence-electron chi connectivity index (χ1n) is 6.10. The van der Waals surface area contributed by atoms with Gasteiger partial charge in [-0.05, 0) is 6.42 Å². The molecule has 0 aliphatic heterocycles. The summed E-state index contributed by atoms with van der Waals surface area (Å²) in [7, 11) is 1.77. The van der Waals surface area contributed by atoms with Crippen LogP contribution in [-0.2, 0) is 4.79 Å². The van der Waals surface area contributed by atoms with Gasteiger partial charge in [0, 0.05) is 18.0 Å². The van der Waals surface area contributed by atoms with Gasteiger partial charge in [0.1, 0.15) is 6.04 Å². The second kappa shape index (κ2) is 5.84. The molecule has 1 aromatic carbocycles. The molecule has 4 nitrogen and oxygen atoms in total. The van der Waals surface area contributed by atoms with Crippen LogP contribution in [0.1, 0.15) is 13.3 Å². The van der Waals surface area contributed by atoms with Gasteiger partial charge in [0.25, 0.3) is 0 Å². The largest absolute Gasteiger partial charge is 0.480 e. The van der Waals surface area contributed by atoms with Crippen molar-refractivity contribution in [3.8, 4) is 11.3 Å². The summed E-state index contributed by atoms with van der Waals surface area (Å²) >= 11 is 1.47. The third-order valence-electron chi connectivity index (χ3n) is 3.00. The topological polar surface area (TPSA) is 53.4 Å². The van der Waals surface area contributed by atoms with Crippen molar-refractivity contribution in [3.05, 3.63) is 35.7 Å². The molecule has 1 heterocycles. The molecule has 0 fully saturated rings. The molecule has 19 heavy (non-hydrogen) atoms. The monoisotopic (exact) mass is 276 g/mol. The molecule has 0 bridgehead atoms. The van der Waals surface area contributed by atoms with Gasteiger partial charge in [-0.3, -0.25) is 0 Å². The molecule has 0 spiro atoms. The molecule has 2 aromatic rings. The highest BCUT2D eigenvalue weighted by molar-refractivity contribution is 7.14. The average molecular weight is 276 g/mol.